The maximum absolute atomic E-state index is 12.8. The van der Waals surface area contributed by atoms with Crippen molar-refractivity contribution in [2.75, 3.05) is 30.5 Å². The van der Waals surface area contributed by atoms with Crippen molar-refractivity contribution in [1.82, 2.24) is 14.6 Å². The lowest BCUT2D eigenvalue weighted by Gasteiger charge is -2.25. The molecule has 1 fully saturated rings. The van der Waals surface area contributed by atoms with Crippen LogP contribution in [0.4, 0.5) is 11.8 Å². The molecule has 8 nitrogen and oxygen atoms in total. The van der Waals surface area contributed by atoms with E-state index in [4.69, 9.17) is 9.72 Å². The second kappa shape index (κ2) is 8.04. The second-order valence-electron chi connectivity index (χ2n) is 8.14. The molecule has 158 valence electrons. The highest BCUT2D eigenvalue weighted by Crippen LogP contribution is 2.27. The summed E-state index contributed by atoms with van der Waals surface area (Å²) in [7, 11) is 1.70. The molecule has 3 heterocycles. The number of aliphatic hydroxyl groups is 1. The minimum absolute atomic E-state index is 0.232. The molecule has 3 aromatic rings. The average Bonchev–Trinajstić information content (AvgIpc) is 3.36. The van der Waals surface area contributed by atoms with Crippen LogP contribution in [0.3, 0.4) is 0 Å². The number of fused-ring (bicyclic) bond motifs is 1. The summed E-state index contributed by atoms with van der Waals surface area (Å²) >= 11 is 0. The van der Waals surface area contributed by atoms with Gasteiger partial charge >= 0.3 is 0 Å². The van der Waals surface area contributed by atoms with Gasteiger partial charge in [0.15, 0.2) is 0 Å². The lowest BCUT2D eigenvalue weighted by molar-refractivity contribution is 0.0785. The molecule has 1 atom stereocenters. The van der Waals surface area contributed by atoms with Crippen LogP contribution in [0, 0.1) is 0 Å². The van der Waals surface area contributed by atoms with E-state index >= 15 is 0 Å². The fourth-order valence-corrected chi connectivity index (χ4v) is 3.85. The van der Waals surface area contributed by atoms with Gasteiger partial charge in [-0.05, 0) is 50.5 Å². The van der Waals surface area contributed by atoms with Gasteiger partial charge in [0.25, 0.3) is 5.91 Å². The van der Waals surface area contributed by atoms with Crippen molar-refractivity contribution in [3.05, 3.63) is 53.7 Å². The van der Waals surface area contributed by atoms with Crippen LogP contribution < -0.4 is 10.2 Å². The summed E-state index contributed by atoms with van der Waals surface area (Å²) in [6, 6.07) is 10.9. The molecule has 0 spiro atoms. The number of anilines is 2. The van der Waals surface area contributed by atoms with Gasteiger partial charge in [0.05, 0.1) is 30.0 Å². The summed E-state index contributed by atoms with van der Waals surface area (Å²) < 4.78 is 7.16. The Bertz CT molecular complexity index is 1040. The predicted molar refractivity (Wildman–Crippen MR) is 115 cm³/mol. The van der Waals surface area contributed by atoms with Gasteiger partial charge in [-0.1, -0.05) is 12.1 Å². The van der Waals surface area contributed by atoms with Crippen LogP contribution in [0.2, 0.25) is 0 Å². The number of ether oxygens (including phenoxy) is 1. The predicted octanol–water partition coefficient (Wildman–Crippen LogP) is 2.82. The van der Waals surface area contributed by atoms with Crippen molar-refractivity contribution in [2.45, 2.75) is 38.3 Å². The van der Waals surface area contributed by atoms with Gasteiger partial charge in [0, 0.05) is 25.3 Å². The van der Waals surface area contributed by atoms with Gasteiger partial charge < -0.3 is 20.1 Å². The number of carbonyl (C=O) groups is 1. The van der Waals surface area contributed by atoms with Crippen molar-refractivity contribution in [3.63, 3.8) is 0 Å². The first-order chi connectivity index (χ1) is 14.4. The van der Waals surface area contributed by atoms with E-state index in [1.807, 2.05) is 6.07 Å². The molecule has 0 saturated carbocycles. The van der Waals surface area contributed by atoms with Crippen molar-refractivity contribution in [3.8, 4) is 0 Å². The molecule has 1 aromatic carbocycles. The van der Waals surface area contributed by atoms with E-state index in [9.17, 15) is 9.90 Å². The highest BCUT2D eigenvalue weighted by molar-refractivity contribution is 6.04. The molecule has 1 saturated heterocycles. The quantitative estimate of drug-likeness (QED) is 0.650. The summed E-state index contributed by atoms with van der Waals surface area (Å²) in [6.45, 7) is 4.91. The highest BCUT2D eigenvalue weighted by Gasteiger charge is 2.28. The number of hydrogen-bond acceptors (Lipinski definition) is 6. The number of amides is 1. The van der Waals surface area contributed by atoms with Crippen molar-refractivity contribution in [2.24, 2.45) is 0 Å². The first kappa shape index (κ1) is 20.3. The van der Waals surface area contributed by atoms with Crippen molar-refractivity contribution in [1.29, 1.82) is 0 Å². The van der Waals surface area contributed by atoms with E-state index in [0.29, 0.717) is 23.9 Å². The minimum Gasteiger partial charge on any atom is -0.386 e. The molecule has 1 amide bonds. The number of hydrogen-bond donors (Lipinski definition) is 2. The number of benzene rings is 1. The number of nitrogens with one attached hydrogen (secondary N) is 1. The summed E-state index contributed by atoms with van der Waals surface area (Å²) in [6.07, 6.45) is 3.81. The molecule has 0 bridgehead atoms. The lowest BCUT2D eigenvalue weighted by atomic mass is 9.97. The third kappa shape index (κ3) is 4.01. The van der Waals surface area contributed by atoms with Crippen LogP contribution in [-0.2, 0) is 10.3 Å². The second-order valence-corrected chi connectivity index (χ2v) is 8.14. The molecule has 1 aliphatic heterocycles. The zero-order valence-electron chi connectivity index (χ0n) is 17.5. The smallest absolute Gasteiger partial charge is 0.256 e. The molecule has 1 unspecified atom stereocenters. The Morgan fingerprint density at radius 3 is 2.77 bits per heavy atom. The zero-order valence-corrected chi connectivity index (χ0v) is 17.5. The van der Waals surface area contributed by atoms with Crippen molar-refractivity contribution < 1.29 is 14.6 Å². The van der Waals surface area contributed by atoms with Gasteiger partial charge in [-0.3, -0.25) is 4.79 Å². The average molecular weight is 409 g/mol. The summed E-state index contributed by atoms with van der Waals surface area (Å²) in [4.78, 5) is 19.7. The topological polar surface area (TPSA) is 92.0 Å². The van der Waals surface area contributed by atoms with Gasteiger partial charge in [-0.25, -0.2) is 4.52 Å². The third-order valence-corrected chi connectivity index (χ3v) is 5.45. The van der Waals surface area contributed by atoms with Gasteiger partial charge in [0.2, 0.25) is 5.95 Å². The Morgan fingerprint density at radius 1 is 1.30 bits per heavy atom. The summed E-state index contributed by atoms with van der Waals surface area (Å²) in [5.41, 5.74) is 1.15. The fraction of sp³-hybridized carbons (Fsp3) is 0.409. The normalized spacial score (nSPS) is 16.9. The molecule has 30 heavy (non-hydrogen) atoms. The fourth-order valence-electron chi connectivity index (χ4n) is 3.85. The molecule has 0 aliphatic carbocycles. The Morgan fingerprint density at radius 2 is 2.07 bits per heavy atom. The van der Waals surface area contributed by atoms with E-state index in [-0.39, 0.29) is 11.9 Å². The van der Waals surface area contributed by atoms with Crippen LogP contribution in [0.1, 0.15) is 42.6 Å². The Labute approximate surface area is 175 Å². The Kier molecular flexibility index (Phi) is 5.44. The molecule has 2 N–H and O–H groups in total. The summed E-state index contributed by atoms with van der Waals surface area (Å²) in [5.74, 6) is 0.914. The largest absolute Gasteiger partial charge is 0.386 e. The maximum Gasteiger partial charge on any atom is 0.256 e. The number of carbonyl (C=O) groups excluding carboxylic acids is 1. The Balaban J connectivity index is 1.61. The van der Waals surface area contributed by atoms with E-state index in [2.05, 4.69) is 15.3 Å². The molecule has 0 radical (unpaired) electrons. The molecule has 4 rings (SSSR count). The standard InChI is InChI=1S/C22H27N5O3/c1-22(2,29)16-8-6-15(7-9-16)20(28)24-19-13-17-10-11-23-27(17)21(25-19)26-12-4-5-18(26)14-30-3/h6-11,13,18,29H,4-5,12,14H2,1-3H3,(H,24,28). The number of nitrogens with zero attached hydrogens (tertiary/aromatic N) is 4. The van der Waals surface area contributed by atoms with Gasteiger partial charge in [0.1, 0.15) is 5.82 Å². The van der Waals surface area contributed by atoms with Crippen LogP contribution in [0.15, 0.2) is 42.6 Å². The van der Waals surface area contributed by atoms with E-state index < -0.39 is 5.60 Å². The number of aromatic nitrogens is 3. The lowest BCUT2D eigenvalue weighted by Crippen LogP contribution is -2.35. The van der Waals surface area contributed by atoms with E-state index in [0.717, 1.165) is 30.5 Å². The van der Waals surface area contributed by atoms with E-state index in [1.165, 1.54) is 0 Å². The number of rotatable bonds is 6. The minimum atomic E-state index is -0.951. The summed E-state index contributed by atoms with van der Waals surface area (Å²) in [5, 5.41) is 17.4. The van der Waals surface area contributed by atoms with Crippen LogP contribution >= 0.6 is 0 Å². The molecular weight excluding hydrogens is 382 g/mol. The molecule has 1 aliphatic rings. The zero-order chi connectivity index (χ0) is 21.3. The first-order valence-electron chi connectivity index (χ1n) is 10.1. The Hall–Kier alpha value is -2.97. The van der Waals surface area contributed by atoms with E-state index in [1.54, 1.807) is 62.0 Å². The molecular formula is C22H27N5O3. The molecule has 2 aromatic heterocycles. The van der Waals surface area contributed by atoms with Crippen molar-refractivity contribution >= 4 is 23.2 Å². The SMILES string of the molecule is COCC1CCCN1c1nc(NC(=O)c2ccc(C(C)(C)O)cc2)cc2ccnn12. The highest BCUT2D eigenvalue weighted by atomic mass is 16.5. The molecule has 8 heteroatoms. The maximum atomic E-state index is 12.8. The van der Waals surface area contributed by atoms with Crippen LogP contribution in [0.25, 0.3) is 5.52 Å². The third-order valence-electron chi connectivity index (χ3n) is 5.45. The van der Waals surface area contributed by atoms with Gasteiger partial charge in [-0.15, -0.1) is 0 Å². The monoisotopic (exact) mass is 409 g/mol. The number of methoxy groups -OCH3 is 1. The van der Waals surface area contributed by atoms with Crippen LogP contribution in [0.5, 0.6) is 0 Å². The first-order valence-corrected chi connectivity index (χ1v) is 10.1. The van der Waals surface area contributed by atoms with Gasteiger partial charge in [-0.2, -0.15) is 10.1 Å². The van der Waals surface area contributed by atoms with Crippen LogP contribution in [-0.4, -0.2) is 51.9 Å².